The number of aromatic carboxylic acids is 1. The first kappa shape index (κ1) is 26.3. The van der Waals surface area contributed by atoms with Gasteiger partial charge in [0.15, 0.2) is 11.5 Å². The zero-order valence-corrected chi connectivity index (χ0v) is 20.6. The molecule has 3 rings (SSSR count). The van der Waals surface area contributed by atoms with Gasteiger partial charge in [-0.3, -0.25) is 4.79 Å². The number of rotatable bonds is 10. The fourth-order valence-corrected chi connectivity index (χ4v) is 3.71. The maximum atomic E-state index is 12.7. The first-order valence-electron chi connectivity index (χ1n) is 11.2. The van der Waals surface area contributed by atoms with E-state index in [0.717, 1.165) is 5.56 Å². The van der Waals surface area contributed by atoms with Gasteiger partial charge in [-0.05, 0) is 60.9 Å². The molecule has 0 heterocycles. The molecule has 0 fully saturated rings. The number of carbonyl (C=O) groups is 2. The highest BCUT2D eigenvalue weighted by molar-refractivity contribution is 6.32. The Morgan fingerprint density at radius 1 is 1.11 bits per heavy atom. The Labute approximate surface area is 214 Å². The molecule has 36 heavy (non-hydrogen) atoms. The van der Waals surface area contributed by atoms with Crippen LogP contribution in [0.4, 0.5) is 0 Å². The Bertz CT molecular complexity index is 1320. The van der Waals surface area contributed by atoms with Gasteiger partial charge in [0.25, 0.3) is 5.91 Å². The number of carboxylic acids is 1. The van der Waals surface area contributed by atoms with E-state index in [-0.39, 0.29) is 34.6 Å². The molecule has 1 amide bonds. The third kappa shape index (κ3) is 6.87. The molecule has 8 heteroatoms. The zero-order chi connectivity index (χ0) is 26.1. The minimum atomic E-state index is -1.03. The average Bonchev–Trinajstić information content (AvgIpc) is 2.87. The summed E-state index contributed by atoms with van der Waals surface area (Å²) in [5.41, 5.74) is 2.11. The summed E-state index contributed by atoms with van der Waals surface area (Å²) in [6, 6.07) is 20.7. The molecule has 0 aromatic heterocycles. The highest BCUT2D eigenvalue weighted by Gasteiger charge is 2.17. The summed E-state index contributed by atoms with van der Waals surface area (Å²) in [5, 5.41) is 21.8. The van der Waals surface area contributed by atoms with Crippen molar-refractivity contribution in [1.82, 2.24) is 5.32 Å². The van der Waals surface area contributed by atoms with E-state index in [1.807, 2.05) is 43.3 Å². The van der Waals surface area contributed by atoms with E-state index in [2.05, 4.69) is 5.32 Å². The highest BCUT2D eigenvalue weighted by atomic mass is 35.5. The van der Waals surface area contributed by atoms with Crippen LogP contribution in [0, 0.1) is 11.3 Å². The van der Waals surface area contributed by atoms with E-state index in [0.29, 0.717) is 23.5 Å². The van der Waals surface area contributed by atoms with Crippen molar-refractivity contribution in [2.75, 3.05) is 6.61 Å². The summed E-state index contributed by atoms with van der Waals surface area (Å²) >= 11 is 6.48. The van der Waals surface area contributed by atoms with Crippen molar-refractivity contribution in [3.63, 3.8) is 0 Å². The lowest BCUT2D eigenvalue weighted by atomic mass is 10.1. The summed E-state index contributed by atoms with van der Waals surface area (Å²) in [4.78, 5) is 23.9. The van der Waals surface area contributed by atoms with Gasteiger partial charge in [-0.25, -0.2) is 4.79 Å². The summed E-state index contributed by atoms with van der Waals surface area (Å²) in [7, 11) is 0. The van der Waals surface area contributed by atoms with E-state index in [4.69, 9.17) is 21.1 Å². The Morgan fingerprint density at radius 2 is 1.86 bits per heavy atom. The van der Waals surface area contributed by atoms with Crippen LogP contribution in [0.2, 0.25) is 5.02 Å². The normalized spacial score (nSPS) is 11.8. The standard InChI is InChI=1S/C28H25ClN2O5/c1-3-35-25-15-20(13-23(16-30)27(32)31-18(2)21-9-5-4-6-10-21)14-24(29)26(25)36-17-19-8-7-11-22(12-19)28(33)34/h4-15,18H,3,17H2,1-2H3,(H,31,32)(H,33,34)/b23-13-/t18-/m0/s1. The summed E-state index contributed by atoms with van der Waals surface area (Å²) < 4.78 is 11.6. The van der Waals surface area contributed by atoms with Crippen LogP contribution in [0.25, 0.3) is 6.08 Å². The van der Waals surface area contributed by atoms with E-state index >= 15 is 0 Å². The summed E-state index contributed by atoms with van der Waals surface area (Å²) in [6.45, 7) is 4.04. The Kier molecular flexibility index (Phi) is 9.09. The molecule has 0 spiro atoms. The van der Waals surface area contributed by atoms with Gasteiger partial charge in [-0.2, -0.15) is 5.26 Å². The van der Waals surface area contributed by atoms with Crippen LogP contribution in [0.5, 0.6) is 11.5 Å². The van der Waals surface area contributed by atoms with Crippen molar-refractivity contribution in [2.45, 2.75) is 26.5 Å². The monoisotopic (exact) mass is 504 g/mol. The fraction of sp³-hybridized carbons (Fsp3) is 0.179. The molecule has 0 aliphatic heterocycles. The van der Waals surface area contributed by atoms with E-state index in [1.54, 1.807) is 31.2 Å². The predicted molar refractivity (Wildman–Crippen MR) is 137 cm³/mol. The lowest BCUT2D eigenvalue weighted by Gasteiger charge is -2.15. The highest BCUT2D eigenvalue weighted by Crippen LogP contribution is 2.38. The van der Waals surface area contributed by atoms with Gasteiger partial charge in [0, 0.05) is 0 Å². The molecular weight excluding hydrogens is 480 g/mol. The largest absolute Gasteiger partial charge is 0.490 e. The number of benzene rings is 3. The number of halogens is 1. The van der Waals surface area contributed by atoms with Crippen LogP contribution in [-0.2, 0) is 11.4 Å². The van der Waals surface area contributed by atoms with Crippen LogP contribution in [0.15, 0.2) is 72.3 Å². The summed E-state index contributed by atoms with van der Waals surface area (Å²) in [6.07, 6.45) is 1.43. The lowest BCUT2D eigenvalue weighted by molar-refractivity contribution is -0.117. The van der Waals surface area contributed by atoms with Gasteiger partial charge in [-0.15, -0.1) is 0 Å². The van der Waals surface area contributed by atoms with Gasteiger partial charge in [0.2, 0.25) is 0 Å². The van der Waals surface area contributed by atoms with Gasteiger partial charge >= 0.3 is 5.97 Å². The third-order valence-electron chi connectivity index (χ3n) is 5.21. The number of nitrogens with one attached hydrogen (secondary N) is 1. The minimum Gasteiger partial charge on any atom is -0.490 e. The second kappa shape index (κ2) is 12.4. The molecule has 0 aliphatic rings. The van der Waals surface area contributed by atoms with Gasteiger partial charge in [0.05, 0.1) is 23.2 Å². The number of ether oxygens (including phenoxy) is 2. The van der Waals surface area contributed by atoms with Crippen molar-refractivity contribution < 1.29 is 24.2 Å². The van der Waals surface area contributed by atoms with Crippen LogP contribution in [0.3, 0.4) is 0 Å². The molecule has 0 radical (unpaired) electrons. The topological polar surface area (TPSA) is 109 Å². The number of amides is 1. The molecular formula is C28H25ClN2O5. The molecule has 184 valence electrons. The number of nitriles is 1. The van der Waals surface area contributed by atoms with Crippen molar-refractivity contribution in [3.8, 4) is 17.6 Å². The third-order valence-corrected chi connectivity index (χ3v) is 5.49. The van der Waals surface area contributed by atoms with E-state index in [1.165, 1.54) is 18.2 Å². The smallest absolute Gasteiger partial charge is 0.335 e. The first-order valence-corrected chi connectivity index (χ1v) is 11.6. The van der Waals surface area contributed by atoms with Gasteiger partial charge < -0.3 is 19.9 Å². The van der Waals surface area contributed by atoms with Gasteiger partial charge in [0.1, 0.15) is 18.2 Å². The molecule has 2 N–H and O–H groups in total. The zero-order valence-electron chi connectivity index (χ0n) is 19.8. The molecule has 7 nitrogen and oxygen atoms in total. The number of nitrogens with zero attached hydrogens (tertiary/aromatic N) is 1. The van der Waals surface area contributed by atoms with Crippen molar-refractivity contribution in [3.05, 3.63) is 99.6 Å². The molecule has 0 aliphatic carbocycles. The van der Waals surface area contributed by atoms with Gasteiger partial charge in [-0.1, -0.05) is 54.1 Å². The maximum Gasteiger partial charge on any atom is 0.335 e. The number of carboxylic acid groups (broad SMARTS) is 1. The molecule has 0 bridgehead atoms. The summed E-state index contributed by atoms with van der Waals surface area (Å²) in [5.74, 6) is -0.934. The second-order valence-electron chi connectivity index (χ2n) is 7.83. The average molecular weight is 505 g/mol. The fourth-order valence-electron chi connectivity index (χ4n) is 3.44. The van der Waals surface area contributed by atoms with Crippen LogP contribution in [0.1, 0.15) is 46.9 Å². The minimum absolute atomic E-state index is 0.0688. The molecule has 0 unspecified atom stereocenters. The quantitative estimate of drug-likeness (QED) is 0.267. The first-order chi connectivity index (χ1) is 17.3. The number of hydrogen-bond donors (Lipinski definition) is 2. The SMILES string of the molecule is CCOc1cc(/C=C(/C#N)C(=O)N[C@@H](C)c2ccccc2)cc(Cl)c1OCc1cccc(C(=O)O)c1. The van der Waals surface area contributed by atoms with Crippen molar-refractivity contribution in [2.24, 2.45) is 0 Å². The van der Waals surface area contributed by atoms with Crippen molar-refractivity contribution in [1.29, 1.82) is 5.26 Å². The molecule has 0 saturated carbocycles. The second-order valence-corrected chi connectivity index (χ2v) is 8.24. The van der Waals surface area contributed by atoms with Crippen LogP contribution < -0.4 is 14.8 Å². The van der Waals surface area contributed by atoms with Crippen molar-refractivity contribution >= 4 is 29.6 Å². The predicted octanol–water partition coefficient (Wildman–Crippen LogP) is 5.80. The maximum absolute atomic E-state index is 12.7. The van der Waals surface area contributed by atoms with Crippen LogP contribution in [-0.4, -0.2) is 23.6 Å². The van der Waals surface area contributed by atoms with Crippen LogP contribution >= 0.6 is 11.6 Å². The molecule has 3 aromatic rings. The Balaban J connectivity index is 1.82. The Hall–Kier alpha value is -4.28. The molecule has 1 atom stereocenters. The molecule has 3 aromatic carbocycles. The van der Waals surface area contributed by atoms with E-state index in [9.17, 15) is 20.0 Å². The Morgan fingerprint density at radius 3 is 2.53 bits per heavy atom. The lowest BCUT2D eigenvalue weighted by Crippen LogP contribution is -2.27. The number of carbonyl (C=O) groups excluding carboxylic acids is 1. The number of hydrogen-bond acceptors (Lipinski definition) is 5. The van der Waals surface area contributed by atoms with E-state index < -0.39 is 11.9 Å². The molecule has 0 saturated heterocycles.